The Morgan fingerprint density at radius 1 is 1.08 bits per heavy atom. The number of hydrogen-bond acceptors (Lipinski definition) is 3. The molecule has 0 fully saturated rings. The molecule has 38 heavy (non-hydrogen) atoms. The average Bonchev–Trinajstić information content (AvgIpc) is 2.97. The Labute approximate surface area is 232 Å². The van der Waals surface area contributed by atoms with Crippen LogP contribution in [0, 0.1) is 19.8 Å². The lowest BCUT2D eigenvalue weighted by Crippen LogP contribution is -2.38. The van der Waals surface area contributed by atoms with Crippen molar-refractivity contribution in [2.75, 3.05) is 27.2 Å². The minimum atomic E-state index is 0.758. The number of terminal acetylenes is 1. The third-order valence-corrected chi connectivity index (χ3v) is 6.33. The van der Waals surface area contributed by atoms with Gasteiger partial charge in [0.1, 0.15) is 11.7 Å². The summed E-state index contributed by atoms with van der Waals surface area (Å²) in [6.45, 7) is 18.2. The van der Waals surface area contributed by atoms with Crippen molar-refractivity contribution >= 4 is 11.5 Å². The van der Waals surface area contributed by atoms with E-state index < -0.39 is 0 Å². The molecule has 1 aliphatic rings. The van der Waals surface area contributed by atoms with E-state index >= 15 is 0 Å². The second-order valence-corrected chi connectivity index (χ2v) is 8.86. The van der Waals surface area contributed by atoms with E-state index in [1.54, 1.807) is 0 Å². The molecule has 0 saturated heterocycles. The molecule has 4 heteroatoms. The number of likely N-dealkylation sites (N-methyl/N-ethyl adjacent to an activating group) is 1. The maximum Gasteiger partial charge on any atom is 0.130 e. The van der Waals surface area contributed by atoms with E-state index in [0.29, 0.717) is 0 Å². The van der Waals surface area contributed by atoms with E-state index in [1.165, 1.54) is 22.4 Å². The van der Waals surface area contributed by atoms with Crippen molar-refractivity contribution in [3.05, 3.63) is 114 Å². The number of aliphatic imine (C=N–C) groups is 1. The van der Waals surface area contributed by atoms with Gasteiger partial charge in [0.25, 0.3) is 0 Å². The molecule has 0 spiro atoms. The number of nitrogens with zero attached hydrogens (tertiary/aromatic N) is 3. The highest BCUT2D eigenvalue weighted by atomic mass is 15.3. The van der Waals surface area contributed by atoms with E-state index in [9.17, 15) is 0 Å². The smallest absolute Gasteiger partial charge is 0.130 e. The van der Waals surface area contributed by atoms with Crippen LogP contribution in [0.25, 0.3) is 5.70 Å². The molecule has 4 nitrogen and oxygen atoms in total. The van der Waals surface area contributed by atoms with Crippen LogP contribution < -0.4 is 5.32 Å². The van der Waals surface area contributed by atoms with E-state index in [-0.39, 0.29) is 0 Å². The van der Waals surface area contributed by atoms with E-state index in [4.69, 9.17) is 4.99 Å². The maximum atomic E-state index is 4.96. The van der Waals surface area contributed by atoms with Crippen molar-refractivity contribution in [1.82, 2.24) is 15.1 Å². The van der Waals surface area contributed by atoms with Crippen molar-refractivity contribution in [1.29, 1.82) is 0 Å². The van der Waals surface area contributed by atoms with Gasteiger partial charge in [-0.05, 0) is 49.8 Å². The molecular weight excluding hydrogens is 464 g/mol. The van der Waals surface area contributed by atoms with Crippen LogP contribution in [-0.2, 0) is 6.42 Å². The van der Waals surface area contributed by atoms with Gasteiger partial charge >= 0.3 is 0 Å². The highest BCUT2D eigenvalue weighted by Gasteiger charge is 2.21. The molecule has 0 radical (unpaired) electrons. The van der Waals surface area contributed by atoms with Crippen molar-refractivity contribution in [3.8, 4) is 12.8 Å². The molecular formula is C34H46N4. The van der Waals surface area contributed by atoms with Crippen LogP contribution in [0.1, 0.15) is 50.3 Å². The second kappa shape index (κ2) is 17.5. The number of hydrogen-bond donors (Lipinski definition) is 1. The molecule has 0 unspecified atom stereocenters. The Morgan fingerprint density at radius 2 is 1.71 bits per heavy atom. The largest absolute Gasteiger partial charge is 0.378 e. The first-order valence-electron chi connectivity index (χ1n) is 13.3. The van der Waals surface area contributed by atoms with Gasteiger partial charge in [0, 0.05) is 44.5 Å². The van der Waals surface area contributed by atoms with Crippen LogP contribution in [0.5, 0.6) is 0 Å². The summed E-state index contributed by atoms with van der Waals surface area (Å²) in [7, 11) is 4.18. The number of rotatable bonds is 10. The van der Waals surface area contributed by atoms with Crippen LogP contribution in [-0.4, -0.2) is 42.8 Å². The Balaban J connectivity index is 0.00000172. The van der Waals surface area contributed by atoms with Gasteiger partial charge < -0.3 is 15.1 Å². The van der Waals surface area contributed by atoms with Gasteiger partial charge in [0.15, 0.2) is 0 Å². The predicted molar refractivity (Wildman–Crippen MR) is 168 cm³/mol. The van der Waals surface area contributed by atoms with Crippen LogP contribution in [0.2, 0.25) is 0 Å². The minimum Gasteiger partial charge on any atom is -0.378 e. The Hall–Kier alpha value is -3.97. The average molecular weight is 511 g/mol. The van der Waals surface area contributed by atoms with Gasteiger partial charge in [-0.3, -0.25) is 4.99 Å². The first-order chi connectivity index (χ1) is 18.4. The Morgan fingerprint density at radius 3 is 2.34 bits per heavy atom. The van der Waals surface area contributed by atoms with Crippen LogP contribution in [0.4, 0.5) is 0 Å². The third kappa shape index (κ3) is 9.48. The summed E-state index contributed by atoms with van der Waals surface area (Å²) in [6.07, 6.45) is 15.0. The number of aryl methyl sites for hydroxylation is 2. The first kappa shape index (κ1) is 32.1. The summed E-state index contributed by atoms with van der Waals surface area (Å²) in [6, 6.07) is 19.0. The van der Waals surface area contributed by atoms with Crippen molar-refractivity contribution in [3.63, 3.8) is 0 Å². The number of nitrogens with one attached hydrogen (secondary N) is 1. The quantitative estimate of drug-likeness (QED) is 0.266. The molecule has 0 aromatic heterocycles. The molecule has 0 saturated carbocycles. The monoisotopic (exact) mass is 510 g/mol. The molecule has 1 heterocycles. The van der Waals surface area contributed by atoms with Crippen LogP contribution >= 0.6 is 0 Å². The fourth-order valence-electron chi connectivity index (χ4n) is 4.00. The lowest BCUT2D eigenvalue weighted by Gasteiger charge is -2.32. The Bertz CT molecular complexity index is 1140. The zero-order valence-corrected chi connectivity index (χ0v) is 24.3. The molecule has 0 aliphatic carbocycles. The normalized spacial score (nSPS) is 14.6. The first-order valence-corrected chi connectivity index (χ1v) is 13.3. The van der Waals surface area contributed by atoms with E-state index in [0.717, 1.165) is 55.3 Å². The molecule has 1 N–H and O–H groups in total. The number of amidine groups is 1. The maximum absolute atomic E-state index is 4.96. The number of allylic oxidation sites excluding steroid dienone is 3. The van der Waals surface area contributed by atoms with Crippen molar-refractivity contribution < 1.29 is 0 Å². The molecule has 0 atom stereocenters. The van der Waals surface area contributed by atoms with Crippen molar-refractivity contribution in [2.45, 2.75) is 47.0 Å². The topological polar surface area (TPSA) is 30.9 Å². The lowest BCUT2D eigenvalue weighted by atomic mass is 10.0. The summed E-state index contributed by atoms with van der Waals surface area (Å²) in [5.74, 6) is 1.97. The van der Waals surface area contributed by atoms with E-state index in [2.05, 4.69) is 130 Å². The molecule has 2 aromatic rings. The van der Waals surface area contributed by atoms with Gasteiger partial charge in [-0.1, -0.05) is 87.7 Å². The minimum absolute atomic E-state index is 0.758. The fraction of sp³-hybridized carbons (Fsp3) is 0.324. The van der Waals surface area contributed by atoms with Gasteiger partial charge in [-0.25, -0.2) is 0 Å². The SMILES string of the molecule is C#C.C=C/C(C)=C1/NC(c2ccccc2C)=CC(=NCCCN(C)C(=C)CCc2ccccc2)N1C.CC. The molecule has 0 amide bonds. The lowest BCUT2D eigenvalue weighted by molar-refractivity contribution is 0.397. The summed E-state index contributed by atoms with van der Waals surface area (Å²) >= 11 is 0. The summed E-state index contributed by atoms with van der Waals surface area (Å²) in [5.41, 5.74) is 7.10. The molecule has 1 aliphatic heterocycles. The standard InChI is InChI=1S/C30H38N4.C2H6.C2H2/c1-7-23(2)30-32-28(27-17-12-11-14-24(27)3)22-29(34(30)6)31-20-13-21-33(5)25(4)18-19-26-15-9-8-10-16-26;2*1-2/h7-12,14-17,22,32H,1,4,13,18-21H2,2-3,5-6H3;1-2H3;1-2H/b30-23-,31-29?;;. The molecule has 3 rings (SSSR count). The van der Waals surface area contributed by atoms with Gasteiger partial charge in [0.2, 0.25) is 0 Å². The number of benzene rings is 2. The highest BCUT2D eigenvalue weighted by molar-refractivity contribution is 6.02. The molecule has 202 valence electrons. The molecule has 2 aromatic carbocycles. The van der Waals surface area contributed by atoms with E-state index in [1.807, 2.05) is 19.9 Å². The molecule has 0 bridgehead atoms. The van der Waals surface area contributed by atoms with Crippen molar-refractivity contribution in [2.24, 2.45) is 4.99 Å². The van der Waals surface area contributed by atoms with Crippen LogP contribution in [0.3, 0.4) is 0 Å². The van der Waals surface area contributed by atoms with Crippen LogP contribution in [0.15, 0.2) is 102 Å². The fourth-order valence-corrected chi connectivity index (χ4v) is 4.00. The van der Waals surface area contributed by atoms with Gasteiger partial charge in [0.05, 0.1) is 5.70 Å². The van der Waals surface area contributed by atoms with Gasteiger partial charge in [-0.15, -0.1) is 12.8 Å². The zero-order valence-electron chi connectivity index (χ0n) is 24.3. The third-order valence-electron chi connectivity index (χ3n) is 6.33. The summed E-state index contributed by atoms with van der Waals surface area (Å²) < 4.78 is 0. The summed E-state index contributed by atoms with van der Waals surface area (Å²) in [4.78, 5) is 9.34. The highest BCUT2D eigenvalue weighted by Crippen LogP contribution is 2.24. The Kier molecular flexibility index (Phi) is 14.7. The predicted octanol–water partition coefficient (Wildman–Crippen LogP) is 7.43. The zero-order chi connectivity index (χ0) is 28.5. The second-order valence-electron chi connectivity index (χ2n) is 8.86. The summed E-state index contributed by atoms with van der Waals surface area (Å²) in [5, 5.41) is 3.59. The van der Waals surface area contributed by atoms with Gasteiger partial charge in [-0.2, -0.15) is 0 Å².